The summed E-state index contributed by atoms with van der Waals surface area (Å²) in [5, 5.41) is 0. The van der Waals surface area contributed by atoms with E-state index in [1.807, 2.05) is 30.3 Å². The van der Waals surface area contributed by atoms with Gasteiger partial charge in [-0.15, -0.1) is 0 Å². The minimum atomic E-state index is -3.00. The second-order valence-electron chi connectivity index (χ2n) is 3.49. The Morgan fingerprint density at radius 2 is 1.76 bits per heavy atom. The van der Waals surface area contributed by atoms with Gasteiger partial charge in [-0.2, -0.15) is 0 Å². The van der Waals surface area contributed by atoms with E-state index in [0.29, 0.717) is 5.56 Å². The Morgan fingerprint density at radius 3 is 2.41 bits per heavy atom. The molecule has 2 aromatic rings. The molecule has 0 radical (unpaired) electrons. The first-order valence-corrected chi connectivity index (χ1v) is 5.01. The molecule has 4 heteroatoms. The highest BCUT2D eigenvalue weighted by molar-refractivity contribution is 5.99. The second kappa shape index (κ2) is 4.82. The molecular weight excluding hydrogens is 224 g/mol. The van der Waals surface area contributed by atoms with Crippen LogP contribution in [0.15, 0.2) is 48.8 Å². The first kappa shape index (κ1) is 11.4. The first-order chi connectivity index (χ1) is 8.18. The Morgan fingerprint density at radius 1 is 1.06 bits per heavy atom. The Kier molecular flexibility index (Phi) is 3.23. The molecule has 0 spiro atoms. The lowest BCUT2D eigenvalue weighted by Gasteiger charge is -2.03. The molecule has 17 heavy (non-hydrogen) atoms. The Balaban J connectivity index is 2.39. The highest BCUT2D eigenvalue weighted by atomic mass is 19.3. The van der Waals surface area contributed by atoms with Crippen molar-refractivity contribution in [3.05, 3.63) is 54.4 Å². The van der Waals surface area contributed by atoms with E-state index in [-0.39, 0.29) is 5.56 Å². The molecule has 0 fully saturated rings. The van der Waals surface area contributed by atoms with Crippen molar-refractivity contribution in [2.24, 2.45) is 0 Å². The van der Waals surface area contributed by atoms with Gasteiger partial charge in [0.1, 0.15) is 0 Å². The molecular formula is C13H9F2NO. The average Bonchev–Trinajstić information content (AvgIpc) is 2.39. The number of alkyl halides is 2. The van der Waals surface area contributed by atoms with Crippen LogP contribution < -0.4 is 0 Å². The number of carbonyl (C=O) groups is 1. The van der Waals surface area contributed by atoms with E-state index in [4.69, 9.17) is 0 Å². The van der Waals surface area contributed by atoms with Gasteiger partial charge in [-0.05, 0) is 11.6 Å². The van der Waals surface area contributed by atoms with Gasteiger partial charge in [0.2, 0.25) is 5.78 Å². The number of ketones is 1. The van der Waals surface area contributed by atoms with E-state index < -0.39 is 12.2 Å². The van der Waals surface area contributed by atoms with Crippen molar-refractivity contribution in [1.82, 2.24) is 4.98 Å². The largest absolute Gasteiger partial charge is 0.300 e. The van der Waals surface area contributed by atoms with E-state index in [2.05, 4.69) is 4.98 Å². The molecule has 1 heterocycles. The van der Waals surface area contributed by atoms with Crippen LogP contribution in [0.1, 0.15) is 10.4 Å². The molecule has 0 bridgehead atoms. The van der Waals surface area contributed by atoms with Crippen molar-refractivity contribution < 1.29 is 13.6 Å². The third kappa shape index (κ3) is 2.53. The van der Waals surface area contributed by atoms with E-state index in [9.17, 15) is 13.6 Å². The molecule has 0 unspecified atom stereocenters. The predicted octanol–water partition coefficient (Wildman–Crippen LogP) is 3.20. The van der Waals surface area contributed by atoms with Crippen molar-refractivity contribution in [2.45, 2.75) is 6.43 Å². The minimum absolute atomic E-state index is 0.0682. The highest BCUT2D eigenvalue weighted by Crippen LogP contribution is 2.19. The summed E-state index contributed by atoms with van der Waals surface area (Å²) in [5.41, 5.74) is 1.42. The van der Waals surface area contributed by atoms with Gasteiger partial charge in [0.25, 0.3) is 0 Å². The van der Waals surface area contributed by atoms with Crippen LogP contribution in [0.2, 0.25) is 0 Å². The van der Waals surface area contributed by atoms with E-state index >= 15 is 0 Å². The van der Waals surface area contributed by atoms with Gasteiger partial charge in [0.05, 0.1) is 0 Å². The monoisotopic (exact) mass is 233 g/mol. The molecule has 0 amide bonds. The maximum atomic E-state index is 12.3. The van der Waals surface area contributed by atoms with Gasteiger partial charge in [0, 0.05) is 23.5 Å². The summed E-state index contributed by atoms with van der Waals surface area (Å²) in [5.74, 6) is -1.20. The standard InChI is InChI=1S/C13H9F2NO/c14-13(15)12(17)11-6-10(7-16-8-11)9-4-2-1-3-5-9/h1-8,13H. The zero-order chi connectivity index (χ0) is 12.3. The Bertz CT molecular complexity index is 526. The van der Waals surface area contributed by atoms with Crippen LogP contribution in [0.4, 0.5) is 8.78 Å². The molecule has 0 aliphatic heterocycles. The second-order valence-corrected chi connectivity index (χ2v) is 3.49. The minimum Gasteiger partial charge on any atom is -0.288 e. The maximum absolute atomic E-state index is 12.3. The van der Waals surface area contributed by atoms with Gasteiger partial charge in [-0.25, -0.2) is 8.78 Å². The molecule has 1 aromatic heterocycles. The first-order valence-electron chi connectivity index (χ1n) is 5.01. The fraction of sp³-hybridized carbons (Fsp3) is 0.0769. The molecule has 0 aliphatic carbocycles. The SMILES string of the molecule is O=C(c1cncc(-c2ccccc2)c1)C(F)F. The summed E-state index contributed by atoms with van der Waals surface area (Å²) >= 11 is 0. The number of halogens is 2. The number of hydrogen-bond donors (Lipinski definition) is 0. The average molecular weight is 233 g/mol. The molecule has 0 N–H and O–H groups in total. The Labute approximate surface area is 96.9 Å². The normalized spacial score (nSPS) is 10.5. The van der Waals surface area contributed by atoms with Crippen molar-refractivity contribution in [3.8, 4) is 11.1 Å². The molecule has 0 aliphatic rings. The van der Waals surface area contributed by atoms with Crippen molar-refractivity contribution >= 4 is 5.78 Å². The summed E-state index contributed by atoms with van der Waals surface area (Å²) in [6.45, 7) is 0. The molecule has 0 atom stereocenters. The van der Waals surface area contributed by atoms with Crippen molar-refractivity contribution in [1.29, 1.82) is 0 Å². The topological polar surface area (TPSA) is 30.0 Å². The molecule has 0 saturated heterocycles. The number of Topliss-reactive ketones (excluding diaryl/α,β-unsaturated/α-hetero) is 1. The van der Waals surface area contributed by atoms with Gasteiger partial charge in [-0.1, -0.05) is 30.3 Å². The lowest BCUT2D eigenvalue weighted by atomic mass is 10.0. The van der Waals surface area contributed by atoms with Gasteiger partial charge >= 0.3 is 6.43 Å². The van der Waals surface area contributed by atoms with Crippen LogP contribution in [0.25, 0.3) is 11.1 Å². The zero-order valence-corrected chi connectivity index (χ0v) is 8.81. The third-order valence-corrected chi connectivity index (χ3v) is 2.33. The fourth-order valence-corrected chi connectivity index (χ4v) is 1.49. The van der Waals surface area contributed by atoms with Crippen molar-refractivity contribution in [2.75, 3.05) is 0 Å². The van der Waals surface area contributed by atoms with E-state index in [1.54, 1.807) is 0 Å². The molecule has 2 rings (SSSR count). The number of hydrogen-bond acceptors (Lipinski definition) is 2. The number of pyridine rings is 1. The third-order valence-electron chi connectivity index (χ3n) is 2.33. The van der Waals surface area contributed by atoms with Gasteiger partial charge < -0.3 is 0 Å². The predicted molar refractivity (Wildman–Crippen MR) is 60.0 cm³/mol. The summed E-state index contributed by atoms with van der Waals surface area (Å²) in [6.07, 6.45) is -0.304. The smallest absolute Gasteiger partial charge is 0.288 e. The lowest BCUT2D eigenvalue weighted by Crippen LogP contribution is -2.10. The van der Waals surface area contributed by atoms with Crippen LogP contribution in [-0.2, 0) is 0 Å². The van der Waals surface area contributed by atoms with Crippen LogP contribution in [0, 0.1) is 0 Å². The molecule has 86 valence electrons. The van der Waals surface area contributed by atoms with Crippen LogP contribution >= 0.6 is 0 Å². The van der Waals surface area contributed by atoms with Gasteiger partial charge in [0.15, 0.2) is 0 Å². The van der Waals surface area contributed by atoms with Crippen molar-refractivity contribution in [3.63, 3.8) is 0 Å². The number of rotatable bonds is 3. The molecule has 1 aromatic carbocycles. The van der Waals surface area contributed by atoms with Crippen LogP contribution in [-0.4, -0.2) is 17.2 Å². The van der Waals surface area contributed by atoms with E-state index in [0.717, 1.165) is 11.8 Å². The lowest BCUT2D eigenvalue weighted by molar-refractivity contribution is 0.0678. The molecule has 2 nitrogen and oxygen atoms in total. The van der Waals surface area contributed by atoms with Crippen LogP contribution in [0.5, 0.6) is 0 Å². The van der Waals surface area contributed by atoms with Crippen LogP contribution in [0.3, 0.4) is 0 Å². The summed E-state index contributed by atoms with van der Waals surface area (Å²) in [6, 6.07) is 10.6. The quantitative estimate of drug-likeness (QED) is 0.762. The number of benzene rings is 1. The summed E-state index contributed by atoms with van der Waals surface area (Å²) < 4.78 is 24.5. The Hall–Kier alpha value is -2.10. The fourth-order valence-electron chi connectivity index (χ4n) is 1.49. The summed E-state index contributed by atoms with van der Waals surface area (Å²) in [4.78, 5) is 14.9. The number of carbonyl (C=O) groups excluding carboxylic acids is 1. The number of nitrogens with zero attached hydrogens (tertiary/aromatic N) is 1. The molecule has 0 saturated carbocycles. The van der Waals surface area contributed by atoms with E-state index in [1.165, 1.54) is 12.3 Å². The maximum Gasteiger partial charge on any atom is 0.300 e. The highest BCUT2D eigenvalue weighted by Gasteiger charge is 2.18. The number of aromatic nitrogens is 1. The zero-order valence-electron chi connectivity index (χ0n) is 8.81. The van der Waals surface area contributed by atoms with Gasteiger partial charge in [-0.3, -0.25) is 9.78 Å². The summed E-state index contributed by atoms with van der Waals surface area (Å²) in [7, 11) is 0.